The van der Waals surface area contributed by atoms with Crippen molar-refractivity contribution >= 4 is 0 Å². The van der Waals surface area contributed by atoms with Crippen LogP contribution in [0.4, 0.5) is 0 Å². The van der Waals surface area contributed by atoms with Crippen LogP contribution >= 0.6 is 0 Å². The van der Waals surface area contributed by atoms with Gasteiger partial charge in [-0.05, 0) is 63.2 Å². The Morgan fingerprint density at radius 2 is 2.00 bits per heavy atom. The lowest BCUT2D eigenvalue weighted by molar-refractivity contribution is 0.0889. The molecule has 2 nitrogen and oxygen atoms in total. The largest absolute Gasteiger partial charge is 0.392 e. The van der Waals surface area contributed by atoms with Crippen LogP contribution in [0, 0.1) is 19.8 Å². The summed E-state index contributed by atoms with van der Waals surface area (Å²) in [6, 6.07) is 6.50. The van der Waals surface area contributed by atoms with Gasteiger partial charge in [0.25, 0.3) is 0 Å². The van der Waals surface area contributed by atoms with Crippen LogP contribution in [0.2, 0.25) is 0 Å². The van der Waals surface area contributed by atoms with Gasteiger partial charge in [0.05, 0.1) is 6.10 Å². The van der Waals surface area contributed by atoms with Crippen molar-refractivity contribution in [2.24, 2.45) is 5.92 Å². The number of hydrogen-bond acceptors (Lipinski definition) is 2. The lowest BCUT2D eigenvalue weighted by Crippen LogP contribution is -2.35. The summed E-state index contributed by atoms with van der Waals surface area (Å²) in [4.78, 5) is 0. The van der Waals surface area contributed by atoms with Gasteiger partial charge in [0, 0.05) is 0 Å². The molecule has 1 atom stereocenters. The summed E-state index contributed by atoms with van der Waals surface area (Å²) in [5, 5.41) is 13.7. The van der Waals surface area contributed by atoms with E-state index in [-0.39, 0.29) is 6.10 Å². The Labute approximate surface area is 104 Å². The third kappa shape index (κ3) is 3.30. The number of benzene rings is 1. The second-order valence-electron chi connectivity index (χ2n) is 5.29. The SMILES string of the molecule is Cc1ccc(C)c(CC(O)C2CCNCC2)c1. The zero-order chi connectivity index (χ0) is 12.3. The van der Waals surface area contributed by atoms with E-state index in [1.54, 1.807) is 0 Å². The van der Waals surface area contributed by atoms with Crippen LogP contribution in [0.5, 0.6) is 0 Å². The summed E-state index contributed by atoms with van der Waals surface area (Å²) in [7, 11) is 0. The lowest BCUT2D eigenvalue weighted by atomic mass is 9.87. The summed E-state index contributed by atoms with van der Waals surface area (Å²) >= 11 is 0. The molecule has 2 N–H and O–H groups in total. The Kier molecular flexibility index (Phi) is 4.19. The van der Waals surface area contributed by atoms with Gasteiger partial charge in [-0.1, -0.05) is 23.8 Å². The molecule has 0 aliphatic carbocycles. The molecule has 0 saturated carbocycles. The van der Waals surface area contributed by atoms with Crippen molar-refractivity contribution in [2.75, 3.05) is 13.1 Å². The molecule has 1 fully saturated rings. The fourth-order valence-electron chi connectivity index (χ4n) is 2.64. The van der Waals surface area contributed by atoms with Gasteiger partial charge in [-0.2, -0.15) is 0 Å². The van der Waals surface area contributed by atoms with Crippen molar-refractivity contribution in [3.05, 3.63) is 34.9 Å². The highest BCUT2D eigenvalue weighted by atomic mass is 16.3. The van der Waals surface area contributed by atoms with E-state index < -0.39 is 0 Å². The molecule has 1 aromatic rings. The van der Waals surface area contributed by atoms with Gasteiger partial charge in [-0.3, -0.25) is 0 Å². The second-order valence-corrected chi connectivity index (χ2v) is 5.29. The van der Waals surface area contributed by atoms with Crippen molar-refractivity contribution in [1.29, 1.82) is 0 Å². The molecule has 94 valence electrons. The molecule has 0 bridgehead atoms. The number of rotatable bonds is 3. The Bertz CT molecular complexity index is 369. The van der Waals surface area contributed by atoms with Crippen molar-refractivity contribution < 1.29 is 5.11 Å². The molecule has 1 heterocycles. The van der Waals surface area contributed by atoms with Gasteiger partial charge < -0.3 is 10.4 Å². The minimum Gasteiger partial charge on any atom is -0.392 e. The van der Waals surface area contributed by atoms with Crippen LogP contribution in [0.1, 0.15) is 29.5 Å². The van der Waals surface area contributed by atoms with Gasteiger partial charge in [0.2, 0.25) is 0 Å². The fraction of sp³-hybridized carbons (Fsp3) is 0.600. The number of aliphatic hydroxyl groups is 1. The number of piperidine rings is 1. The first-order chi connectivity index (χ1) is 8.16. The molecule has 1 aliphatic rings. The summed E-state index contributed by atoms with van der Waals surface area (Å²) < 4.78 is 0. The van der Waals surface area contributed by atoms with Crippen molar-refractivity contribution in [3.63, 3.8) is 0 Å². The van der Waals surface area contributed by atoms with Gasteiger partial charge in [-0.25, -0.2) is 0 Å². The highest BCUT2D eigenvalue weighted by Crippen LogP contribution is 2.21. The second kappa shape index (κ2) is 5.65. The predicted octanol–water partition coefficient (Wildman–Crippen LogP) is 2.21. The fourth-order valence-corrected chi connectivity index (χ4v) is 2.64. The summed E-state index contributed by atoms with van der Waals surface area (Å²) in [5.41, 5.74) is 3.88. The highest BCUT2D eigenvalue weighted by Gasteiger charge is 2.22. The van der Waals surface area contributed by atoms with Crippen molar-refractivity contribution in [1.82, 2.24) is 5.32 Å². The van der Waals surface area contributed by atoms with E-state index in [1.165, 1.54) is 16.7 Å². The third-order valence-corrected chi connectivity index (χ3v) is 3.86. The molecule has 0 radical (unpaired) electrons. The van der Waals surface area contributed by atoms with E-state index in [2.05, 4.69) is 37.4 Å². The number of aliphatic hydroxyl groups excluding tert-OH is 1. The van der Waals surface area contributed by atoms with Crippen LogP contribution in [-0.2, 0) is 6.42 Å². The summed E-state index contributed by atoms with van der Waals surface area (Å²) in [6.07, 6.45) is 2.83. The van der Waals surface area contributed by atoms with E-state index in [1.807, 2.05) is 0 Å². The average Bonchev–Trinajstić information content (AvgIpc) is 2.35. The molecule has 0 aromatic heterocycles. The Morgan fingerprint density at radius 1 is 1.29 bits per heavy atom. The molecular formula is C15H23NO. The first-order valence-corrected chi connectivity index (χ1v) is 6.61. The normalized spacial score (nSPS) is 19.2. The molecule has 2 heteroatoms. The maximum absolute atomic E-state index is 10.3. The molecule has 0 amide bonds. The van der Waals surface area contributed by atoms with Crippen molar-refractivity contribution in [2.45, 2.75) is 39.2 Å². The molecule has 17 heavy (non-hydrogen) atoms. The number of hydrogen-bond donors (Lipinski definition) is 2. The first kappa shape index (κ1) is 12.6. The third-order valence-electron chi connectivity index (χ3n) is 3.86. The van der Waals surface area contributed by atoms with Gasteiger partial charge in [0.15, 0.2) is 0 Å². The Balaban J connectivity index is 2.01. The Morgan fingerprint density at radius 3 is 2.71 bits per heavy atom. The number of nitrogens with one attached hydrogen (secondary N) is 1. The first-order valence-electron chi connectivity index (χ1n) is 6.61. The van der Waals surface area contributed by atoms with E-state index in [0.29, 0.717) is 5.92 Å². The van der Waals surface area contributed by atoms with E-state index in [9.17, 15) is 5.11 Å². The molecule has 1 aliphatic heterocycles. The molecule has 1 saturated heterocycles. The van der Waals surface area contributed by atoms with E-state index >= 15 is 0 Å². The van der Waals surface area contributed by atoms with E-state index in [0.717, 1.165) is 32.4 Å². The average molecular weight is 233 g/mol. The van der Waals surface area contributed by atoms with Crippen LogP contribution in [-0.4, -0.2) is 24.3 Å². The van der Waals surface area contributed by atoms with Crippen LogP contribution in [0.15, 0.2) is 18.2 Å². The summed E-state index contributed by atoms with van der Waals surface area (Å²) in [5.74, 6) is 0.469. The standard InChI is InChI=1S/C15H23NO/c1-11-3-4-12(2)14(9-11)10-15(17)13-5-7-16-8-6-13/h3-4,9,13,15-17H,5-8,10H2,1-2H3. The smallest absolute Gasteiger partial charge is 0.0609 e. The van der Waals surface area contributed by atoms with Crippen molar-refractivity contribution in [3.8, 4) is 0 Å². The van der Waals surface area contributed by atoms with Gasteiger partial charge >= 0.3 is 0 Å². The quantitative estimate of drug-likeness (QED) is 0.839. The minimum atomic E-state index is -0.183. The maximum atomic E-state index is 10.3. The summed E-state index contributed by atoms with van der Waals surface area (Å²) in [6.45, 7) is 6.34. The molecule has 2 rings (SSSR count). The minimum absolute atomic E-state index is 0.183. The predicted molar refractivity (Wildman–Crippen MR) is 71.2 cm³/mol. The topological polar surface area (TPSA) is 32.3 Å². The van der Waals surface area contributed by atoms with Crippen LogP contribution < -0.4 is 5.32 Å². The lowest BCUT2D eigenvalue weighted by Gasteiger charge is -2.27. The molecule has 1 unspecified atom stereocenters. The van der Waals surface area contributed by atoms with Gasteiger partial charge in [-0.15, -0.1) is 0 Å². The molecular weight excluding hydrogens is 210 g/mol. The van der Waals surface area contributed by atoms with Gasteiger partial charge in [0.1, 0.15) is 0 Å². The van der Waals surface area contributed by atoms with Crippen LogP contribution in [0.3, 0.4) is 0 Å². The molecule has 0 spiro atoms. The van der Waals surface area contributed by atoms with E-state index in [4.69, 9.17) is 0 Å². The van der Waals surface area contributed by atoms with Crippen LogP contribution in [0.25, 0.3) is 0 Å². The highest BCUT2D eigenvalue weighted by molar-refractivity contribution is 5.31. The monoisotopic (exact) mass is 233 g/mol. The molecule has 1 aromatic carbocycles. The maximum Gasteiger partial charge on any atom is 0.0609 e. The zero-order valence-electron chi connectivity index (χ0n) is 10.9. The number of aryl methyl sites for hydroxylation is 2. The zero-order valence-corrected chi connectivity index (χ0v) is 10.9. The Hall–Kier alpha value is -0.860.